The zero-order chi connectivity index (χ0) is 13.1. The van der Waals surface area contributed by atoms with Crippen LogP contribution in [0.1, 0.15) is 25.0 Å². The highest BCUT2D eigenvalue weighted by molar-refractivity contribution is 7.89. The lowest BCUT2D eigenvalue weighted by molar-refractivity contribution is 0.560. The van der Waals surface area contributed by atoms with Gasteiger partial charge in [-0.15, -0.1) is 0 Å². The summed E-state index contributed by atoms with van der Waals surface area (Å²) in [5.74, 6) is 0.222. The average Bonchev–Trinajstić information content (AvgIpc) is 2.26. The summed E-state index contributed by atoms with van der Waals surface area (Å²) in [6.45, 7) is 5.93. The van der Waals surface area contributed by atoms with Gasteiger partial charge in [-0.05, 0) is 24.5 Å². The van der Waals surface area contributed by atoms with Crippen molar-refractivity contribution in [2.24, 2.45) is 5.92 Å². The maximum atomic E-state index is 12.0. The van der Waals surface area contributed by atoms with Gasteiger partial charge in [-0.2, -0.15) is 5.26 Å². The molecule has 0 aliphatic heterocycles. The molecule has 0 amide bonds. The van der Waals surface area contributed by atoms with Gasteiger partial charge in [0.1, 0.15) is 6.07 Å². The van der Waals surface area contributed by atoms with Crippen LogP contribution in [0, 0.1) is 24.2 Å². The van der Waals surface area contributed by atoms with Crippen LogP contribution in [0.2, 0.25) is 0 Å². The predicted molar refractivity (Wildman–Crippen MR) is 65.9 cm³/mol. The highest BCUT2D eigenvalue weighted by atomic mass is 32.2. The third-order valence-corrected chi connectivity index (χ3v) is 3.78. The lowest BCUT2D eigenvalue weighted by Crippen LogP contribution is -2.28. The normalized spacial score (nSPS) is 11.5. The van der Waals surface area contributed by atoms with Gasteiger partial charge in [-0.1, -0.05) is 26.0 Å². The topological polar surface area (TPSA) is 70.0 Å². The summed E-state index contributed by atoms with van der Waals surface area (Å²) in [7, 11) is -3.59. The Bertz CT molecular complexity index is 542. The highest BCUT2D eigenvalue weighted by Gasteiger charge is 2.19. The third-order valence-electron chi connectivity index (χ3n) is 2.32. The van der Waals surface area contributed by atoms with Crippen LogP contribution in [0.25, 0.3) is 0 Å². The molecule has 92 valence electrons. The van der Waals surface area contributed by atoms with Crippen LogP contribution in [0.4, 0.5) is 0 Å². The molecule has 0 unspecified atom stereocenters. The zero-order valence-corrected chi connectivity index (χ0v) is 11.0. The summed E-state index contributed by atoms with van der Waals surface area (Å²) >= 11 is 0. The minimum absolute atomic E-state index is 0.0562. The van der Waals surface area contributed by atoms with Crippen molar-refractivity contribution in [1.29, 1.82) is 5.26 Å². The van der Waals surface area contributed by atoms with Gasteiger partial charge in [-0.3, -0.25) is 0 Å². The molecule has 0 saturated heterocycles. The zero-order valence-electron chi connectivity index (χ0n) is 10.2. The fourth-order valence-electron chi connectivity index (χ4n) is 1.36. The van der Waals surface area contributed by atoms with Gasteiger partial charge in [0.2, 0.25) is 10.0 Å². The number of nitriles is 1. The number of hydrogen-bond acceptors (Lipinski definition) is 3. The smallest absolute Gasteiger partial charge is 0.211 e. The molecule has 0 radical (unpaired) electrons. The maximum absolute atomic E-state index is 12.0. The van der Waals surface area contributed by atoms with E-state index in [0.717, 1.165) is 0 Å². The largest absolute Gasteiger partial charge is 0.241 e. The first kappa shape index (κ1) is 13.7. The molecule has 0 aromatic heterocycles. The van der Waals surface area contributed by atoms with Crippen LogP contribution in [0.3, 0.4) is 0 Å². The van der Waals surface area contributed by atoms with E-state index in [1.165, 1.54) is 6.07 Å². The number of rotatable bonds is 4. The Kier molecular flexibility index (Phi) is 4.27. The number of hydrogen-bond donors (Lipinski definition) is 1. The van der Waals surface area contributed by atoms with Crippen molar-refractivity contribution in [3.05, 3.63) is 29.3 Å². The van der Waals surface area contributed by atoms with Crippen LogP contribution in [-0.4, -0.2) is 15.0 Å². The molecule has 1 aromatic carbocycles. The van der Waals surface area contributed by atoms with Crippen molar-refractivity contribution < 1.29 is 8.42 Å². The molecule has 0 saturated carbocycles. The number of nitrogens with zero attached hydrogens (tertiary/aromatic N) is 1. The molecule has 1 N–H and O–H groups in total. The molecule has 1 rings (SSSR count). The summed E-state index contributed by atoms with van der Waals surface area (Å²) in [5.41, 5.74) is 0.878. The van der Waals surface area contributed by atoms with Gasteiger partial charge in [0, 0.05) is 6.54 Å². The molecule has 1 aromatic rings. The molecule has 4 nitrogen and oxygen atoms in total. The second-order valence-corrected chi connectivity index (χ2v) is 6.04. The summed E-state index contributed by atoms with van der Waals surface area (Å²) in [6.07, 6.45) is 0. The molecular weight excluding hydrogens is 236 g/mol. The number of benzene rings is 1. The van der Waals surface area contributed by atoms with Gasteiger partial charge in [-0.25, -0.2) is 13.1 Å². The fraction of sp³-hybridized carbons (Fsp3) is 0.417. The van der Waals surface area contributed by atoms with Crippen molar-refractivity contribution in [1.82, 2.24) is 4.72 Å². The molecular formula is C12H16N2O2S. The van der Waals surface area contributed by atoms with Gasteiger partial charge >= 0.3 is 0 Å². The summed E-state index contributed by atoms with van der Waals surface area (Å²) in [4.78, 5) is 0.0562. The average molecular weight is 252 g/mol. The van der Waals surface area contributed by atoms with E-state index in [4.69, 9.17) is 5.26 Å². The van der Waals surface area contributed by atoms with Crippen molar-refractivity contribution >= 4 is 10.0 Å². The second kappa shape index (κ2) is 5.30. The monoisotopic (exact) mass is 252 g/mol. The first-order valence-corrected chi connectivity index (χ1v) is 6.86. The summed E-state index contributed by atoms with van der Waals surface area (Å²) in [5, 5.41) is 9.00. The quantitative estimate of drug-likeness (QED) is 0.888. The van der Waals surface area contributed by atoms with Gasteiger partial charge in [0.15, 0.2) is 0 Å². The fourth-order valence-corrected chi connectivity index (χ4v) is 2.80. The molecule has 0 heterocycles. The van der Waals surface area contributed by atoms with Crippen LogP contribution >= 0.6 is 0 Å². The van der Waals surface area contributed by atoms with Crippen molar-refractivity contribution in [2.75, 3.05) is 6.54 Å². The Morgan fingerprint density at radius 2 is 2.06 bits per heavy atom. The molecule has 0 bridgehead atoms. The Hall–Kier alpha value is -1.38. The van der Waals surface area contributed by atoms with Crippen LogP contribution < -0.4 is 4.72 Å². The molecule has 17 heavy (non-hydrogen) atoms. The van der Waals surface area contributed by atoms with Crippen LogP contribution in [-0.2, 0) is 10.0 Å². The maximum Gasteiger partial charge on any atom is 0.241 e. The molecule has 5 heteroatoms. The van der Waals surface area contributed by atoms with E-state index in [0.29, 0.717) is 12.1 Å². The summed E-state index contributed by atoms with van der Waals surface area (Å²) in [6, 6.07) is 6.75. The van der Waals surface area contributed by atoms with E-state index in [2.05, 4.69) is 4.72 Å². The van der Waals surface area contributed by atoms with E-state index >= 15 is 0 Å². The third kappa shape index (κ3) is 3.29. The number of aryl methyl sites for hydroxylation is 1. The molecule has 0 aliphatic carbocycles. The van der Waals surface area contributed by atoms with E-state index in [1.54, 1.807) is 19.1 Å². The Balaban J connectivity index is 3.17. The Labute approximate surface area is 102 Å². The molecule has 0 spiro atoms. The Morgan fingerprint density at radius 1 is 1.41 bits per heavy atom. The van der Waals surface area contributed by atoms with E-state index in [9.17, 15) is 8.42 Å². The first-order chi connectivity index (χ1) is 7.88. The van der Waals surface area contributed by atoms with Crippen molar-refractivity contribution in [3.63, 3.8) is 0 Å². The molecule has 0 aliphatic rings. The van der Waals surface area contributed by atoms with E-state index < -0.39 is 10.0 Å². The SMILES string of the molecule is Cc1cccc(S(=O)(=O)NCC(C)C)c1C#N. The second-order valence-electron chi connectivity index (χ2n) is 4.31. The van der Waals surface area contributed by atoms with E-state index in [-0.39, 0.29) is 16.4 Å². The van der Waals surface area contributed by atoms with Gasteiger partial charge in [0.05, 0.1) is 10.5 Å². The molecule has 0 atom stereocenters. The number of nitrogens with one attached hydrogen (secondary N) is 1. The van der Waals surface area contributed by atoms with Gasteiger partial charge < -0.3 is 0 Å². The van der Waals surface area contributed by atoms with E-state index in [1.807, 2.05) is 19.9 Å². The van der Waals surface area contributed by atoms with Gasteiger partial charge in [0.25, 0.3) is 0 Å². The lowest BCUT2D eigenvalue weighted by atomic mass is 10.1. The minimum atomic E-state index is -3.59. The summed E-state index contributed by atoms with van der Waals surface area (Å²) < 4.78 is 26.5. The number of sulfonamides is 1. The van der Waals surface area contributed by atoms with Crippen LogP contribution in [0.5, 0.6) is 0 Å². The highest BCUT2D eigenvalue weighted by Crippen LogP contribution is 2.18. The standard InChI is InChI=1S/C12H16N2O2S/c1-9(2)8-14-17(15,16)12-6-4-5-10(3)11(12)7-13/h4-6,9,14H,8H2,1-3H3. The first-order valence-electron chi connectivity index (χ1n) is 5.38. The van der Waals surface area contributed by atoms with Crippen molar-refractivity contribution in [3.8, 4) is 6.07 Å². The Morgan fingerprint density at radius 3 is 2.59 bits per heavy atom. The van der Waals surface area contributed by atoms with Crippen molar-refractivity contribution in [2.45, 2.75) is 25.7 Å². The predicted octanol–water partition coefficient (Wildman–Crippen LogP) is 1.80. The minimum Gasteiger partial charge on any atom is -0.211 e. The lowest BCUT2D eigenvalue weighted by Gasteiger charge is -2.10. The molecule has 0 fully saturated rings. The van der Waals surface area contributed by atoms with Crippen LogP contribution in [0.15, 0.2) is 23.1 Å².